The van der Waals surface area contributed by atoms with E-state index in [4.69, 9.17) is 4.74 Å². The second-order valence-corrected chi connectivity index (χ2v) is 10.9. The molecule has 0 amide bonds. The van der Waals surface area contributed by atoms with Gasteiger partial charge in [0.25, 0.3) is 0 Å². The van der Waals surface area contributed by atoms with Gasteiger partial charge in [-0.25, -0.2) is 0 Å². The van der Waals surface area contributed by atoms with E-state index < -0.39 is 0 Å². The molecule has 5 aromatic rings. The van der Waals surface area contributed by atoms with Crippen molar-refractivity contribution in [3.05, 3.63) is 96.2 Å². The van der Waals surface area contributed by atoms with E-state index >= 15 is 0 Å². The standard InChI is InChI=1S/C34H32N2O2/c1-2-22-20-36-18-16-23(22)19-32(36)34(29-15-17-35-31-14-8-7-11-26(29)31)38-33-27-12-5-3-9-24(27)30(21-37)25-10-4-6-13-28(25)33/h3-15,17,21-23,32,34H,2,16,18-20H2,1H3/t22-,23-,32+,34-/m0/s1. The van der Waals surface area contributed by atoms with Crippen molar-refractivity contribution < 1.29 is 9.53 Å². The number of fused-ring (bicyclic) bond motifs is 6. The second-order valence-electron chi connectivity index (χ2n) is 10.9. The molecule has 1 aromatic heterocycles. The minimum Gasteiger partial charge on any atom is -0.483 e. The first-order valence-corrected chi connectivity index (χ1v) is 13.9. The monoisotopic (exact) mass is 500 g/mol. The number of pyridine rings is 1. The van der Waals surface area contributed by atoms with Crippen molar-refractivity contribution in [1.29, 1.82) is 0 Å². The summed E-state index contributed by atoms with van der Waals surface area (Å²) < 4.78 is 7.31. The minimum absolute atomic E-state index is 0.155. The minimum atomic E-state index is -0.155. The van der Waals surface area contributed by atoms with Gasteiger partial charge < -0.3 is 4.74 Å². The summed E-state index contributed by atoms with van der Waals surface area (Å²) in [6.45, 7) is 4.60. The Hall–Kier alpha value is -3.76. The van der Waals surface area contributed by atoms with Crippen LogP contribution in [0.2, 0.25) is 0 Å². The molecule has 4 aromatic carbocycles. The van der Waals surface area contributed by atoms with Crippen LogP contribution in [-0.2, 0) is 0 Å². The van der Waals surface area contributed by atoms with Crippen LogP contribution in [0.3, 0.4) is 0 Å². The van der Waals surface area contributed by atoms with Gasteiger partial charge in [0.15, 0.2) is 6.29 Å². The zero-order valence-electron chi connectivity index (χ0n) is 21.7. The molecule has 3 aliphatic rings. The zero-order chi connectivity index (χ0) is 25.6. The first kappa shape index (κ1) is 23.4. The molecule has 1 unspecified atom stereocenters. The van der Waals surface area contributed by atoms with Gasteiger partial charge in [-0.3, -0.25) is 14.7 Å². The number of benzene rings is 4. The van der Waals surface area contributed by atoms with Gasteiger partial charge in [0, 0.05) is 40.0 Å². The Kier molecular flexibility index (Phi) is 5.85. The van der Waals surface area contributed by atoms with Crippen molar-refractivity contribution in [2.45, 2.75) is 38.3 Å². The Morgan fingerprint density at radius 1 is 0.921 bits per heavy atom. The second kappa shape index (κ2) is 9.52. The molecule has 0 N–H and O–H groups in total. The summed E-state index contributed by atoms with van der Waals surface area (Å²) >= 11 is 0. The molecule has 0 aliphatic carbocycles. The van der Waals surface area contributed by atoms with Crippen LogP contribution in [0.1, 0.15) is 48.2 Å². The third-order valence-electron chi connectivity index (χ3n) is 9.09. The molecule has 2 bridgehead atoms. The van der Waals surface area contributed by atoms with Crippen molar-refractivity contribution in [2.75, 3.05) is 13.1 Å². The van der Waals surface area contributed by atoms with Crippen molar-refractivity contribution in [3.63, 3.8) is 0 Å². The van der Waals surface area contributed by atoms with Gasteiger partial charge in [0.05, 0.1) is 11.6 Å². The predicted octanol–water partition coefficient (Wildman–Crippen LogP) is 7.59. The summed E-state index contributed by atoms with van der Waals surface area (Å²) in [6.07, 6.45) is 6.41. The zero-order valence-corrected chi connectivity index (χ0v) is 21.7. The SMILES string of the molecule is CC[C@H]1CN2CC[C@H]1C[C@@H]2[C@@H](Oc1c2ccccc2c(C=O)c2ccccc12)c1ccnc2ccccc12. The van der Waals surface area contributed by atoms with Crippen LogP contribution in [0.15, 0.2) is 85.1 Å². The van der Waals surface area contributed by atoms with E-state index in [2.05, 4.69) is 53.2 Å². The van der Waals surface area contributed by atoms with Gasteiger partial charge in [-0.2, -0.15) is 0 Å². The maximum atomic E-state index is 12.3. The highest BCUT2D eigenvalue weighted by molar-refractivity contribution is 6.16. The number of hydrogen-bond donors (Lipinski definition) is 0. The summed E-state index contributed by atoms with van der Waals surface area (Å²) in [4.78, 5) is 19.6. The van der Waals surface area contributed by atoms with Crippen LogP contribution in [0.25, 0.3) is 32.4 Å². The molecule has 5 atom stereocenters. The van der Waals surface area contributed by atoms with E-state index in [0.717, 1.165) is 81.4 Å². The molecular weight excluding hydrogens is 468 g/mol. The van der Waals surface area contributed by atoms with Crippen LogP contribution in [0, 0.1) is 11.8 Å². The van der Waals surface area contributed by atoms with Gasteiger partial charge in [-0.15, -0.1) is 0 Å². The van der Waals surface area contributed by atoms with Gasteiger partial charge in [-0.05, 0) is 54.1 Å². The molecule has 4 heterocycles. The first-order chi connectivity index (χ1) is 18.8. The maximum Gasteiger partial charge on any atom is 0.151 e. The highest BCUT2D eigenvalue weighted by Gasteiger charge is 2.44. The van der Waals surface area contributed by atoms with Gasteiger partial charge in [0.1, 0.15) is 11.9 Å². The number of carbonyl (C=O) groups is 1. The highest BCUT2D eigenvalue weighted by atomic mass is 16.5. The number of hydrogen-bond acceptors (Lipinski definition) is 4. The molecule has 38 heavy (non-hydrogen) atoms. The topological polar surface area (TPSA) is 42.4 Å². The average molecular weight is 501 g/mol. The Morgan fingerprint density at radius 3 is 2.21 bits per heavy atom. The summed E-state index contributed by atoms with van der Waals surface area (Å²) in [5.74, 6) is 2.37. The normalized spacial score (nSPS) is 23.6. The van der Waals surface area contributed by atoms with Crippen LogP contribution < -0.4 is 4.74 Å². The smallest absolute Gasteiger partial charge is 0.151 e. The van der Waals surface area contributed by atoms with Gasteiger partial charge in [0.2, 0.25) is 0 Å². The van der Waals surface area contributed by atoms with Crippen LogP contribution in [-0.4, -0.2) is 35.3 Å². The lowest BCUT2D eigenvalue weighted by Gasteiger charge is -2.52. The quantitative estimate of drug-likeness (QED) is 0.178. The third-order valence-corrected chi connectivity index (χ3v) is 9.09. The summed E-state index contributed by atoms with van der Waals surface area (Å²) in [5, 5.41) is 4.99. The molecular formula is C34H32N2O2. The van der Waals surface area contributed by atoms with Gasteiger partial charge >= 0.3 is 0 Å². The van der Waals surface area contributed by atoms with Gasteiger partial charge in [-0.1, -0.05) is 80.1 Å². The number of aldehydes is 1. The molecule has 3 aliphatic heterocycles. The average Bonchev–Trinajstić information content (AvgIpc) is 2.99. The van der Waals surface area contributed by atoms with E-state index in [0.29, 0.717) is 0 Å². The lowest BCUT2D eigenvalue weighted by Crippen LogP contribution is -2.56. The fourth-order valence-corrected chi connectivity index (χ4v) is 7.18. The van der Waals surface area contributed by atoms with Crippen LogP contribution >= 0.6 is 0 Å². The number of carbonyl (C=O) groups excluding carboxylic acids is 1. The van der Waals surface area contributed by atoms with Crippen molar-refractivity contribution in [3.8, 4) is 5.75 Å². The van der Waals surface area contributed by atoms with E-state index in [1.165, 1.54) is 18.4 Å². The van der Waals surface area contributed by atoms with Crippen LogP contribution in [0.5, 0.6) is 5.75 Å². The van der Waals surface area contributed by atoms with E-state index in [9.17, 15) is 4.79 Å². The molecule has 3 saturated heterocycles. The molecule has 3 fully saturated rings. The number of ether oxygens (including phenoxy) is 1. The summed E-state index contributed by atoms with van der Waals surface area (Å²) in [6, 6.07) is 27.1. The van der Waals surface area contributed by atoms with Crippen molar-refractivity contribution >= 4 is 38.7 Å². The lowest BCUT2D eigenvalue weighted by molar-refractivity contribution is -0.0477. The van der Waals surface area contributed by atoms with Crippen molar-refractivity contribution in [1.82, 2.24) is 9.88 Å². The third kappa shape index (κ3) is 3.70. The lowest BCUT2D eigenvalue weighted by atomic mass is 9.72. The Morgan fingerprint density at radius 2 is 1.58 bits per heavy atom. The summed E-state index contributed by atoms with van der Waals surface area (Å²) in [5.41, 5.74) is 2.90. The number of nitrogens with zero attached hydrogens (tertiary/aromatic N) is 2. The first-order valence-electron chi connectivity index (χ1n) is 13.9. The molecule has 0 spiro atoms. The number of piperidine rings is 3. The fraction of sp³-hybridized carbons (Fsp3) is 0.294. The van der Waals surface area contributed by atoms with Crippen LogP contribution in [0.4, 0.5) is 0 Å². The molecule has 4 nitrogen and oxygen atoms in total. The molecule has 8 rings (SSSR count). The Balaban J connectivity index is 1.45. The van der Waals surface area contributed by atoms with E-state index in [1.807, 2.05) is 48.7 Å². The number of para-hydroxylation sites is 1. The largest absolute Gasteiger partial charge is 0.483 e. The highest BCUT2D eigenvalue weighted by Crippen LogP contribution is 2.46. The number of rotatable bonds is 6. The van der Waals surface area contributed by atoms with Crippen molar-refractivity contribution in [2.24, 2.45) is 11.8 Å². The van der Waals surface area contributed by atoms with E-state index in [-0.39, 0.29) is 12.1 Å². The Labute approximate surface area is 223 Å². The number of aromatic nitrogens is 1. The maximum absolute atomic E-state index is 12.3. The molecule has 0 radical (unpaired) electrons. The Bertz CT molecular complexity index is 1600. The fourth-order valence-electron chi connectivity index (χ4n) is 7.18. The molecule has 0 saturated carbocycles. The molecule has 4 heteroatoms. The predicted molar refractivity (Wildman–Crippen MR) is 154 cm³/mol. The van der Waals surface area contributed by atoms with E-state index in [1.54, 1.807) is 0 Å². The molecule has 190 valence electrons. The summed E-state index contributed by atoms with van der Waals surface area (Å²) in [7, 11) is 0.